The number of furan rings is 1. The third-order valence-corrected chi connectivity index (χ3v) is 2.35. The lowest BCUT2D eigenvalue weighted by atomic mass is 10.2. The van der Waals surface area contributed by atoms with Gasteiger partial charge in [-0.1, -0.05) is 0 Å². The highest BCUT2D eigenvalue weighted by Crippen LogP contribution is 2.28. The van der Waals surface area contributed by atoms with E-state index in [2.05, 4.69) is 0 Å². The summed E-state index contributed by atoms with van der Waals surface area (Å²) in [5.74, 6) is 1.89. The summed E-state index contributed by atoms with van der Waals surface area (Å²) >= 11 is 0. The Kier molecular flexibility index (Phi) is 4.02. The van der Waals surface area contributed by atoms with E-state index < -0.39 is 0 Å². The first-order valence-corrected chi connectivity index (χ1v) is 5.70. The van der Waals surface area contributed by atoms with Gasteiger partial charge in [0.2, 0.25) is 0 Å². The first-order valence-electron chi connectivity index (χ1n) is 5.70. The number of carbonyl (C=O) groups is 1. The van der Waals surface area contributed by atoms with Crippen molar-refractivity contribution in [3.8, 4) is 11.5 Å². The van der Waals surface area contributed by atoms with Crippen LogP contribution in [-0.4, -0.2) is 12.9 Å². The first-order chi connectivity index (χ1) is 8.83. The van der Waals surface area contributed by atoms with Gasteiger partial charge < -0.3 is 13.9 Å². The Morgan fingerprint density at radius 2 is 2.11 bits per heavy atom. The van der Waals surface area contributed by atoms with E-state index in [-0.39, 0.29) is 0 Å². The second-order valence-corrected chi connectivity index (χ2v) is 3.63. The predicted molar refractivity (Wildman–Crippen MR) is 66.0 cm³/mol. The molecule has 0 bridgehead atoms. The third kappa shape index (κ3) is 2.91. The molecule has 0 aliphatic carbocycles. The van der Waals surface area contributed by atoms with Crippen LogP contribution < -0.4 is 9.47 Å². The lowest BCUT2D eigenvalue weighted by Gasteiger charge is -2.11. The summed E-state index contributed by atoms with van der Waals surface area (Å²) in [5, 5.41) is 0. The molecule has 1 aromatic heterocycles. The summed E-state index contributed by atoms with van der Waals surface area (Å²) in [7, 11) is 0. The molecule has 0 atom stereocenters. The van der Waals surface area contributed by atoms with E-state index in [0.29, 0.717) is 30.3 Å². The summed E-state index contributed by atoms with van der Waals surface area (Å²) in [6, 6.07) is 8.70. The molecule has 0 aliphatic rings. The van der Waals surface area contributed by atoms with Crippen LogP contribution in [0, 0.1) is 0 Å². The number of aldehydes is 1. The van der Waals surface area contributed by atoms with Crippen LogP contribution >= 0.6 is 0 Å². The highest BCUT2D eigenvalue weighted by molar-refractivity contribution is 5.76. The smallest absolute Gasteiger partial charge is 0.161 e. The maximum atomic E-state index is 10.7. The van der Waals surface area contributed by atoms with E-state index in [4.69, 9.17) is 13.9 Å². The maximum Gasteiger partial charge on any atom is 0.161 e. The lowest BCUT2D eigenvalue weighted by molar-refractivity contribution is 0.112. The minimum absolute atomic E-state index is 0.327. The van der Waals surface area contributed by atoms with Gasteiger partial charge in [0.25, 0.3) is 0 Å². The van der Waals surface area contributed by atoms with Crippen molar-refractivity contribution in [3.63, 3.8) is 0 Å². The van der Waals surface area contributed by atoms with Crippen LogP contribution in [0.3, 0.4) is 0 Å². The Labute approximate surface area is 105 Å². The van der Waals surface area contributed by atoms with Crippen molar-refractivity contribution in [2.45, 2.75) is 13.5 Å². The maximum absolute atomic E-state index is 10.7. The van der Waals surface area contributed by atoms with E-state index >= 15 is 0 Å². The second-order valence-electron chi connectivity index (χ2n) is 3.63. The molecule has 0 amide bonds. The van der Waals surface area contributed by atoms with Crippen molar-refractivity contribution in [1.82, 2.24) is 0 Å². The molecule has 0 N–H and O–H groups in total. The Morgan fingerprint density at radius 3 is 2.78 bits per heavy atom. The third-order valence-electron chi connectivity index (χ3n) is 2.35. The molecule has 0 saturated carbocycles. The highest BCUT2D eigenvalue weighted by Gasteiger charge is 2.07. The van der Waals surface area contributed by atoms with Gasteiger partial charge in [-0.15, -0.1) is 0 Å². The Morgan fingerprint density at radius 1 is 1.22 bits per heavy atom. The number of hydrogen-bond donors (Lipinski definition) is 0. The Hall–Kier alpha value is -2.23. The van der Waals surface area contributed by atoms with E-state index in [1.807, 2.05) is 13.0 Å². The van der Waals surface area contributed by atoms with E-state index in [1.54, 1.807) is 30.5 Å². The molecule has 2 aromatic rings. The molecule has 1 heterocycles. The van der Waals surface area contributed by atoms with Gasteiger partial charge >= 0.3 is 0 Å². The van der Waals surface area contributed by atoms with Gasteiger partial charge in [0.05, 0.1) is 12.9 Å². The van der Waals surface area contributed by atoms with E-state index in [9.17, 15) is 4.79 Å². The second kappa shape index (κ2) is 5.91. The molecule has 0 radical (unpaired) electrons. The number of ether oxygens (including phenoxy) is 2. The fourth-order valence-corrected chi connectivity index (χ4v) is 1.53. The zero-order valence-electron chi connectivity index (χ0n) is 10.1. The van der Waals surface area contributed by atoms with Gasteiger partial charge in [0, 0.05) is 5.56 Å². The summed E-state index contributed by atoms with van der Waals surface area (Å²) < 4.78 is 16.2. The van der Waals surface area contributed by atoms with Gasteiger partial charge in [-0.25, -0.2) is 0 Å². The normalized spacial score (nSPS) is 10.1. The number of carbonyl (C=O) groups excluding carboxylic acids is 1. The summed E-state index contributed by atoms with van der Waals surface area (Å²) in [5.41, 5.74) is 0.559. The van der Waals surface area contributed by atoms with Crippen LogP contribution in [-0.2, 0) is 6.61 Å². The molecule has 2 rings (SSSR count). The summed E-state index contributed by atoms with van der Waals surface area (Å²) in [4.78, 5) is 10.7. The van der Waals surface area contributed by atoms with Crippen molar-refractivity contribution in [1.29, 1.82) is 0 Å². The molecular formula is C14H14O4. The average molecular weight is 246 g/mol. The monoisotopic (exact) mass is 246 g/mol. The van der Waals surface area contributed by atoms with E-state index in [1.165, 1.54) is 0 Å². The summed E-state index contributed by atoms with van der Waals surface area (Å²) in [6.07, 6.45) is 2.37. The fourth-order valence-electron chi connectivity index (χ4n) is 1.53. The minimum atomic E-state index is 0.327. The van der Waals surface area contributed by atoms with Crippen LogP contribution in [0.15, 0.2) is 41.0 Å². The zero-order chi connectivity index (χ0) is 12.8. The van der Waals surface area contributed by atoms with Crippen LogP contribution in [0.1, 0.15) is 23.0 Å². The van der Waals surface area contributed by atoms with Crippen molar-refractivity contribution in [3.05, 3.63) is 47.9 Å². The van der Waals surface area contributed by atoms with Crippen LogP contribution in [0.2, 0.25) is 0 Å². The van der Waals surface area contributed by atoms with Crippen LogP contribution in [0.5, 0.6) is 11.5 Å². The molecule has 4 heteroatoms. The minimum Gasteiger partial charge on any atom is -0.490 e. The lowest BCUT2D eigenvalue weighted by Crippen LogP contribution is -1.99. The largest absolute Gasteiger partial charge is 0.490 e. The molecule has 1 aromatic carbocycles. The molecule has 4 nitrogen and oxygen atoms in total. The molecule has 18 heavy (non-hydrogen) atoms. The van der Waals surface area contributed by atoms with Crippen molar-refractivity contribution >= 4 is 6.29 Å². The van der Waals surface area contributed by atoms with Crippen molar-refractivity contribution in [2.24, 2.45) is 0 Å². The van der Waals surface area contributed by atoms with E-state index in [0.717, 1.165) is 12.0 Å². The number of hydrogen-bond acceptors (Lipinski definition) is 4. The van der Waals surface area contributed by atoms with Crippen molar-refractivity contribution < 1.29 is 18.7 Å². The van der Waals surface area contributed by atoms with Crippen LogP contribution in [0.25, 0.3) is 0 Å². The Bertz CT molecular complexity index is 503. The quantitative estimate of drug-likeness (QED) is 0.735. The molecule has 0 unspecified atom stereocenters. The number of benzene rings is 1. The standard InChI is InChI=1S/C14H14O4/c1-2-16-14-8-11(9-15)5-6-13(14)18-10-12-4-3-7-17-12/h3-9H,2,10H2,1H3. The van der Waals surface area contributed by atoms with Gasteiger partial charge in [0.1, 0.15) is 18.7 Å². The molecule has 94 valence electrons. The molecule has 0 spiro atoms. The molecular weight excluding hydrogens is 232 g/mol. The number of rotatable bonds is 6. The molecule has 0 fully saturated rings. The fraction of sp³-hybridized carbons (Fsp3) is 0.214. The summed E-state index contributed by atoms with van der Waals surface area (Å²) in [6.45, 7) is 2.72. The molecule has 0 aliphatic heterocycles. The SMILES string of the molecule is CCOc1cc(C=O)ccc1OCc1ccco1. The van der Waals surface area contributed by atoms with Gasteiger partial charge in [-0.2, -0.15) is 0 Å². The topological polar surface area (TPSA) is 48.7 Å². The van der Waals surface area contributed by atoms with Gasteiger partial charge in [-0.3, -0.25) is 4.79 Å². The van der Waals surface area contributed by atoms with Crippen molar-refractivity contribution in [2.75, 3.05) is 6.61 Å². The predicted octanol–water partition coefficient (Wildman–Crippen LogP) is 3.07. The van der Waals surface area contributed by atoms with Gasteiger partial charge in [0.15, 0.2) is 11.5 Å². The average Bonchev–Trinajstić information content (AvgIpc) is 2.90. The Balaban J connectivity index is 2.12. The van der Waals surface area contributed by atoms with Gasteiger partial charge in [-0.05, 0) is 37.3 Å². The molecule has 0 saturated heterocycles. The zero-order valence-corrected chi connectivity index (χ0v) is 10.1. The first kappa shape index (κ1) is 12.2. The highest BCUT2D eigenvalue weighted by atomic mass is 16.5. The van der Waals surface area contributed by atoms with Crippen LogP contribution in [0.4, 0.5) is 0 Å².